The van der Waals surface area contributed by atoms with E-state index in [0.29, 0.717) is 23.4 Å². The Kier molecular flexibility index (Phi) is 5.62. The molecule has 0 spiro atoms. The van der Waals surface area contributed by atoms with Crippen molar-refractivity contribution in [3.63, 3.8) is 0 Å². The standard InChI is InChI=1S/C26H26N2O4S2/c1-17-9-11-20-21(15-26(2,3)32-23(20)13-17)27-34(30,31)19-10-12-22-24(14-19)33-25(29)28(22)16-18-7-5-4-6-8-18/h4-14,21,27H,15-16H2,1-3H3/t21-/m0/s1. The Morgan fingerprint density at radius 2 is 1.85 bits per heavy atom. The molecule has 0 aliphatic carbocycles. The molecule has 0 unspecified atom stereocenters. The number of thiazole rings is 1. The highest BCUT2D eigenvalue weighted by molar-refractivity contribution is 7.89. The van der Waals surface area contributed by atoms with Crippen molar-refractivity contribution in [2.24, 2.45) is 0 Å². The monoisotopic (exact) mass is 494 g/mol. The van der Waals surface area contributed by atoms with Crippen molar-refractivity contribution in [1.82, 2.24) is 9.29 Å². The molecular weight excluding hydrogens is 468 g/mol. The molecule has 6 nitrogen and oxygen atoms in total. The molecule has 5 rings (SSSR count). The van der Waals surface area contributed by atoms with Gasteiger partial charge in [-0.05, 0) is 56.2 Å². The lowest BCUT2D eigenvalue weighted by molar-refractivity contribution is 0.0701. The van der Waals surface area contributed by atoms with Crippen molar-refractivity contribution in [1.29, 1.82) is 0 Å². The zero-order chi connectivity index (χ0) is 24.1. The summed E-state index contributed by atoms with van der Waals surface area (Å²) in [6, 6.07) is 20.0. The van der Waals surface area contributed by atoms with Gasteiger partial charge in [0, 0.05) is 12.0 Å². The highest BCUT2D eigenvalue weighted by Gasteiger charge is 2.36. The minimum absolute atomic E-state index is 0.114. The summed E-state index contributed by atoms with van der Waals surface area (Å²) in [5.74, 6) is 0.704. The Morgan fingerprint density at radius 1 is 1.09 bits per heavy atom. The molecule has 0 saturated carbocycles. The second-order valence-corrected chi connectivity index (χ2v) is 12.1. The fraction of sp³-hybridized carbons (Fsp3) is 0.269. The van der Waals surface area contributed by atoms with Crippen molar-refractivity contribution in [2.75, 3.05) is 0 Å². The molecule has 1 atom stereocenters. The van der Waals surface area contributed by atoms with E-state index in [4.69, 9.17) is 4.74 Å². The molecule has 1 aliphatic rings. The minimum atomic E-state index is -3.83. The lowest BCUT2D eigenvalue weighted by atomic mass is 9.90. The van der Waals surface area contributed by atoms with Crippen LogP contribution in [0.25, 0.3) is 10.2 Å². The zero-order valence-corrected chi connectivity index (χ0v) is 20.9. The molecule has 0 bridgehead atoms. The van der Waals surface area contributed by atoms with Gasteiger partial charge in [0.15, 0.2) is 0 Å². The fourth-order valence-corrected chi connectivity index (χ4v) is 6.69. The van der Waals surface area contributed by atoms with Crippen LogP contribution in [0.5, 0.6) is 5.75 Å². The normalized spacial score (nSPS) is 17.3. The highest BCUT2D eigenvalue weighted by Crippen LogP contribution is 2.40. The van der Waals surface area contributed by atoms with Crippen molar-refractivity contribution < 1.29 is 13.2 Å². The van der Waals surface area contributed by atoms with Gasteiger partial charge in [-0.1, -0.05) is 53.8 Å². The van der Waals surface area contributed by atoms with Crippen molar-refractivity contribution in [2.45, 2.75) is 50.3 Å². The first kappa shape index (κ1) is 22.8. The van der Waals surface area contributed by atoms with E-state index < -0.39 is 21.7 Å². The maximum Gasteiger partial charge on any atom is 0.308 e. The quantitative estimate of drug-likeness (QED) is 0.424. The van der Waals surface area contributed by atoms with Gasteiger partial charge in [-0.25, -0.2) is 13.1 Å². The first-order valence-electron chi connectivity index (χ1n) is 11.1. The average Bonchev–Trinajstić information content (AvgIpc) is 3.07. The Labute approximate surface area is 202 Å². The largest absolute Gasteiger partial charge is 0.487 e. The number of nitrogens with one attached hydrogen (secondary N) is 1. The fourth-order valence-electron chi connectivity index (χ4n) is 4.45. The minimum Gasteiger partial charge on any atom is -0.487 e. The van der Waals surface area contributed by atoms with E-state index in [1.54, 1.807) is 22.8 Å². The lowest BCUT2D eigenvalue weighted by Gasteiger charge is -2.38. The molecule has 0 fully saturated rings. The number of aryl methyl sites for hydroxylation is 1. The van der Waals surface area contributed by atoms with Gasteiger partial charge in [-0.3, -0.25) is 9.36 Å². The molecule has 4 aromatic rings. The van der Waals surface area contributed by atoms with Gasteiger partial charge >= 0.3 is 4.87 Å². The van der Waals surface area contributed by atoms with E-state index in [1.165, 1.54) is 0 Å². The first-order chi connectivity index (χ1) is 16.1. The first-order valence-corrected chi connectivity index (χ1v) is 13.4. The van der Waals surface area contributed by atoms with Crippen LogP contribution in [-0.4, -0.2) is 18.6 Å². The van der Waals surface area contributed by atoms with Crippen LogP contribution in [-0.2, 0) is 16.6 Å². The molecule has 0 amide bonds. The third-order valence-electron chi connectivity index (χ3n) is 6.06. The second kappa shape index (κ2) is 8.37. The summed E-state index contributed by atoms with van der Waals surface area (Å²) in [6.07, 6.45) is 0.505. The van der Waals surface area contributed by atoms with Crippen LogP contribution in [0.15, 0.2) is 76.4 Å². The Balaban J connectivity index is 1.47. The van der Waals surface area contributed by atoms with Crippen LogP contribution in [0, 0.1) is 6.92 Å². The van der Waals surface area contributed by atoms with E-state index in [0.717, 1.165) is 33.5 Å². The number of hydrogen-bond acceptors (Lipinski definition) is 5. The molecule has 1 N–H and O–H groups in total. The van der Waals surface area contributed by atoms with Gasteiger partial charge in [0.25, 0.3) is 0 Å². The smallest absolute Gasteiger partial charge is 0.308 e. The number of rotatable bonds is 5. The molecule has 3 aromatic carbocycles. The van der Waals surface area contributed by atoms with Crippen LogP contribution < -0.4 is 14.3 Å². The van der Waals surface area contributed by atoms with E-state index in [2.05, 4.69) is 4.72 Å². The number of benzene rings is 3. The van der Waals surface area contributed by atoms with Crippen LogP contribution in [0.3, 0.4) is 0 Å². The molecule has 1 aliphatic heterocycles. The van der Waals surface area contributed by atoms with Crippen LogP contribution in [0.2, 0.25) is 0 Å². The summed E-state index contributed by atoms with van der Waals surface area (Å²) in [7, 11) is -3.83. The van der Waals surface area contributed by atoms with Crippen molar-refractivity contribution in [3.05, 3.63) is 93.1 Å². The predicted molar refractivity (Wildman–Crippen MR) is 135 cm³/mol. The topological polar surface area (TPSA) is 77.4 Å². The number of nitrogens with zero attached hydrogens (tertiary/aromatic N) is 1. The number of ether oxygens (including phenoxy) is 1. The molecule has 176 valence electrons. The number of sulfonamides is 1. The SMILES string of the molecule is Cc1ccc2c(c1)OC(C)(C)C[C@@H]2NS(=O)(=O)c1ccc2c(c1)sc(=O)n2Cc1ccccc1. The Hall–Kier alpha value is -2.94. The summed E-state index contributed by atoms with van der Waals surface area (Å²) in [6.45, 7) is 6.34. The summed E-state index contributed by atoms with van der Waals surface area (Å²) in [4.78, 5) is 12.7. The highest BCUT2D eigenvalue weighted by atomic mass is 32.2. The van der Waals surface area contributed by atoms with Crippen molar-refractivity contribution >= 4 is 31.6 Å². The average molecular weight is 495 g/mol. The number of hydrogen-bond donors (Lipinski definition) is 1. The molecule has 1 aromatic heterocycles. The number of fused-ring (bicyclic) bond motifs is 2. The zero-order valence-electron chi connectivity index (χ0n) is 19.2. The number of aromatic nitrogens is 1. The van der Waals surface area contributed by atoms with Gasteiger partial charge in [0.2, 0.25) is 10.0 Å². The molecule has 8 heteroatoms. The van der Waals surface area contributed by atoms with Gasteiger partial charge in [0.1, 0.15) is 11.4 Å². The van der Waals surface area contributed by atoms with Crippen LogP contribution in [0.1, 0.15) is 43.0 Å². The van der Waals surface area contributed by atoms with E-state index in [9.17, 15) is 13.2 Å². The van der Waals surface area contributed by atoms with Gasteiger partial charge in [0.05, 0.1) is 27.7 Å². The van der Waals surface area contributed by atoms with Crippen molar-refractivity contribution in [3.8, 4) is 5.75 Å². The molecular formula is C26H26N2O4S2. The summed E-state index contributed by atoms with van der Waals surface area (Å²) < 4.78 is 38.1. The maximum absolute atomic E-state index is 13.4. The van der Waals surface area contributed by atoms with Gasteiger partial charge in [-0.2, -0.15) is 0 Å². The third kappa shape index (κ3) is 4.41. The summed E-state index contributed by atoms with van der Waals surface area (Å²) in [5.41, 5.74) is 3.11. The Bertz CT molecular complexity index is 1540. The van der Waals surface area contributed by atoms with E-state index in [-0.39, 0.29) is 9.77 Å². The van der Waals surface area contributed by atoms with E-state index >= 15 is 0 Å². The molecule has 0 radical (unpaired) electrons. The lowest BCUT2D eigenvalue weighted by Crippen LogP contribution is -2.41. The van der Waals surface area contributed by atoms with Gasteiger partial charge < -0.3 is 4.74 Å². The van der Waals surface area contributed by atoms with E-state index in [1.807, 2.05) is 69.3 Å². The predicted octanol–water partition coefficient (Wildman–Crippen LogP) is 5.00. The third-order valence-corrected chi connectivity index (χ3v) is 8.47. The summed E-state index contributed by atoms with van der Waals surface area (Å²) >= 11 is 1.06. The maximum atomic E-state index is 13.4. The molecule has 2 heterocycles. The Morgan fingerprint density at radius 3 is 2.62 bits per heavy atom. The van der Waals surface area contributed by atoms with Crippen LogP contribution >= 0.6 is 11.3 Å². The molecule has 0 saturated heterocycles. The molecule has 34 heavy (non-hydrogen) atoms. The second-order valence-electron chi connectivity index (χ2n) is 9.35. The van der Waals surface area contributed by atoms with Crippen LogP contribution in [0.4, 0.5) is 0 Å². The van der Waals surface area contributed by atoms with Gasteiger partial charge in [-0.15, -0.1) is 0 Å². The summed E-state index contributed by atoms with van der Waals surface area (Å²) in [5, 5.41) is 0.